The summed E-state index contributed by atoms with van der Waals surface area (Å²) in [5.74, 6) is -0.959. The molecule has 0 aliphatic heterocycles. The molecule has 0 spiro atoms. The predicted octanol–water partition coefficient (Wildman–Crippen LogP) is 17.4. The molecule has 1 atom stereocenters. The van der Waals surface area contributed by atoms with Crippen LogP contribution in [0.3, 0.4) is 0 Å². The molecule has 0 fully saturated rings. The van der Waals surface area contributed by atoms with Gasteiger partial charge in [-0.05, 0) is 83.5 Å². The molecule has 0 unspecified atom stereocenters. The molecule has 0 aliphatic rings. The van der Waals surface area contributed by atoms with E-state index >= 15 is 0 Å². The Kier molecular flexibility index (Phi) is 48.9. The Balaban J connectivity index is 4.47. The van der Waals surface area contributed by atoms with E-state index in [9.17, 15) is 14.4 Å². The van der Waals surface area contributed by atoms with Crippen molar-refractivity contribution < 1.29 is 28.6 Å². The number of unbranched alkanes of at least 4 members (excludes halogenated alkanes) is 24. The van der Waals surface area contributed by atoms with Gasteiger partial charge in [-0.2, -0.15) is 0 Å². The van der Waals surface area contributed by atoms with E-state index in [0.717, 1.165) is 83.5 Å². The molecular formula is C57H98O6. The Morgan fingerprint density at radius 1 is 0.333 bits per heavy atom. The molecule has 0 radical (unpaired) electrons. The van der Waals surface area contributed by atoms with Crippen molar-refractivity contribution in [2.45, 2.75) is 258 Å². The second kappa shape index (κ2) is 51.5. The van der Waals surface area contributed by atoms with Crippen molar-refractivity contribution in [3.63, 3.8) is 0 Å². The zero-order valence-electron chi connectivity index (χ0n) is 41.3. The predicted molar refractivity (Wildman–Crippen MR) is 270 cm³/mol. The van der Waals surface area contributed by atoms with E-state index in [4.69, 9.17) is 14.2 Å². The fourth-order valence-corrected chi connectivity index (χ4v) is 7.24. The molecule has 362 valence electrons. The summed E-state index contributed by atoms with van der Waals surface area (Å²) in [5.41, 5.74) is 0. The lowest BCUT2D eigenvalue weighted by atomic mass is 10.0. The number of esters is 3. The van der Waals surface area contributed by atoms with Crippen LogP contribution in [0.2, 0.25) is 0 Å². The van der Waals surface area contributed by atoms with Crippen LogP contribution >= 0.6 is 0 Å². The van der Waals surface area contributed by atoms with Gasteiger partial charge in [0, 0.05) is 19.3 Å². The van der Waals surface area contributed by atoms with Gasteiger partial charge in [0.1, 0.15) is 13.2 Å². The summed E-state index contributed by atoms with van der Waals surface area (Å²) in [5, 5.41) is 0. The quantitative estimate of drug-likeness (QED) is 0.0262. The summed E-state index contributed by atoms with van der Waals surface area (Å²) in [6.07, 6.45) is 64.6. The maximum Gasteiger partial charge on any atom is 0.306 e. The van der Waals surface area contributed by atoms with Gasteiger partial charge < -0.3 is 14.2 Å². The third-order valence-corrected chi connectivity index (χ3v) is 11.2. The number of ether oxygens (including phenoxy) is 3. The highest BCUT2D eigenvalue weighted by molar-refractivity contribution is 5.71. The van der Waals surface area contributed by atoms with Crippen LogP contribution in [0.15, 0.2) is 72.9 Å². The Hall–Kier alpha value is -3.15. The molecule has 0 saturated carbocycles. The number of carbonyl (C=O) groups is 3. The van der Waals surface area contributed by atoms with Crippen molar-refractivity contribution in [1.82, 2.24) is 0 Å². The highest BCUT2D eigenvalue weighted by Crippen LogP contribution is 2.15. The van der Waals surface area contributed by atoms with E-state index in [-0.39, 0.29) is 37.5 Å². The molecule has 0 bridgehead atoms. The van der Waals surface area contributed by atoms with Crippen LogP contribution in [-0.2, 0) is 28.6 Å². The van der Waals surface area contributed by atoms with Crippen molar-refractivity contribution in [1.29, 1.82) is 0 Å². The topological polar surface area (TPSA) is 78.9 Å². The maximum absolute atomic E-state index is 12.8. The Morgan fingerprint density at radius 2 is 0.635 bits per heavy atom. The fourth-order valence-electron chi connectivity index (χ4n) is 7.24. The first kappa shape index (κ1) is 59.9. The third kappa shape index (κ3) is 49.7. The molecule has 6 heteroatoms. The molecule has 0 aromatic rings. The Labute approximate surface area is 389 Å². The van der Waals surface area contributed by atoms with Crippen LogP contribution in [0.5, 0.6) is 0 Å². The standard InChI is InChI=1S/C57H98O6/c1-4-7-10-13-16-19-22-25-27-28-30-32-35-38-41-44-47-50-56(59)62-53-54(52-61-55(58)49-46-43-40-37-34-31-24-21-18-15-12-9-6-3)63-57(60)51-48-45-42-39-36-33-29-26-23-20-17-14-11-8-5-2/h7,10,16,19,21,24-25,27,30,32,38,41,54H,4-6,8-9,11-15,17-18,20,22-23,26,28-29,31,33-37,39-40,42-53H2,1-3H3/b10-7-,19-16-,24-21-,27-25-,32-30-,41-38-/t54-/m1/s1. The summed E-state index contributed by atoms with van der Waals surface area (Å²) in [4.78, 5) is 38.0. The summed E-state index contributed by atoms with van der Waals surface area (Å²) in [7, 11) is 0. The van der Waals surface area contributed by atoms with Gasteiger partial charge in [-0.25, -0.2) is 0 Å². The molecule has 0 amide bonds. The molecule has 0 aromatic carbocycles. The highest BCUT2D eigenvalue weighted by Gasteiger charge is 2.19. The van der Waals surface area contributed by atoms with Gasteiger partial charge in [0.15, 0.2) is 6.10 Å². The molecular weight excluding hydrogens is 781 g/mol. The molecule has 0 rings (SSSR count). The monoisotopic (exact) mass is 879 g/mol. The van der Waals surface area contributed by atoms with Crippen molar-refractivity contribution in [3.8, 4) is 0 Å². The smallest absolute Gasteiger partial charge is 0.306 e. The van der Waals surface area contributed by atoms with Crippen molar-refractivity contribution in [2.24, 2.45) is 0 Å². The van der Waals surface area contributed by atoms with E-state index in [0.29, 0.717) is 19.3 Å². The summed E-state index contributed by atoms with van der Waals surface area (Å²) < 4.78 is 16.8. The second-order valence-electron chi connectivity index (χ2n) is 17.4. The molecule has 0 aromatic heterocycles. The van der Waals surface area contributed by atoms with Gasteiger partial charge >= 0.3 is 17.9 Å². The van der Waals surface area contributed by atoms with Gasteiger partial charge in [0.05, 0.1) is 0 Å². The van der Waals surface area contributed by atoms with Crippen molar-refractivity contribution in [3.05, 3.63) is 72.9 Å². The average Bonchev–Trinajstić information content (AvgIpc) is 3.28. The van der Waals surface area contributed by atoms with Gasteiger partial charge in [-0.3, -0.25) is 14.4 Å². The average molecular weight is 879 g/mol. The first-order valence-corrected chi connectivity index (χ1v) is 26.4. The summed E-state index contributed by atoms with van der Waals surface area (Å²) >= 11 is 0. The maximum atomic E-state index is 12.8. The number of hydrogen-bond acceptors (Lipinski definition) is 6. The molecule has 6 nitrogen and oxygen atoms in total. The lowest BCUT2D eigenvalue weighted by molar-refractivity contribution is -0.167. The van der Waals surface area contributed by atoms with E-state index in [1.165, 1.54) is 122 Å². The van der Waals surface area contributed by atoms with Crippen molar-refractivity contribution >= 4 is 17.9 Å². The van der Waals surface area contributed by atoms with Gasteiger partial charge in [0.2, 0.25) is 0 Å². The zero-order valence-corrected chi connectivity index (χ0v) is 41.3. The number of allylic oxidation sites excluding steroid dienone is 12. The molecule has 0 saturated heterocycles. The number of carbonyl (C=O) groups excluding carboxylic acids is 3. The van der Waals surface area contributed by atoms with Gasteiger partial charge in [0.25, 0.3) is 0 Å². The largest absolute Gasteiger partial charge is 0.462 e. The first-order chi connectivity index (χ1) is 31.0. The van der Waals surface area contributed by atoms with Crippen LogP contribution < -0.4 is 0 Å². The lowest BCUT2D eigenvalue weighted by Gasteiger charge is -2.18. The Morgan fingerprint density at radius 3 is 1.06 bits per heavy atom. The summed E-state index contributed by atoms with van der Waals surface area (Å²) in [6, 6.07) is 0. The SMILES string of the molecule is CC/C=C\C/C=C\C/C=C\C/C=C\C/C=C\CCCC(=O)OC[C@@H](COC(=O)CCCCCCC/C=C\CCCCCC)OC(=O)CCCCCCCCCCCCCCCCC. The van der Waals surface area contributed by atoms with Crippen molar-refractivity contribution in [2.75, 3.05) is 13.2 Å². The normalized spacial score (nSPS) is 12.6. The van der Waals surface area contributed by atoms with E-state index < -0.39 is 6.10 Å². The van der Waals surface area contributed by atoms with E-state index in [1.807, 2.05) is 0 Å². The zero-order chi connectivity index (χ0) is 45.8. The molecule has 0 heterocycles. The van der Waals surface area contributed by atoms with E-state index in [1.54, 1.807) is 0 Å². The third-order valence-electron chi connectivity index (χ3n) is 11.2. The highest BCUT2D eigenvalue weighted by atomic mass is 16.6. The van der Waals surface area contributed by atoms with Crippen LogP contribution in [0, 0.1) is 0 Å². The van der Waals surface area contributed by atoms with Gasteiger partial charge in [-0.15, -0.1) is 0 Å². The Bertz CT molecular complexity index is 1190. The minimum Gasteiger partial charge on any atom is -0.462 e. The van der Waals surface area contributed by atoms with Crippen LogP contribution in [0.25, 0.3) is 0 Å². The van der Waals surface area contributed by atoms with Gasteiger partial charge in [-0.1, -0.05) is 222 Å². The minimum absolute atomic E-state index is 0.0957. The number of rotatable bonds is 47. The minimum atomic E-state index is -0.799. The fraction of sp³-hybridized carbons (Fsp3) is 0.737. The summed E-state index contributed by atoms with van der Waals surface area (Å²) in [6.45, 7) is 6.46. The molecule has 63 heavy (non-hydrogen) atoms. The second-order valence-corrected chi connectivity index (χ2v) is 17.4. The van der Waals surface area contributed by atoms with Crippen LogP contribution in [0.1, 0.15) is 252 Å². The van der Waals surface area contributed by atoms with E-state index in [2.05, 4.69) is 93.7 Å². The first-order valence-electron chi connectivity index (χ1n) is 26.4. The lowest BCUT2D eigenvalue weighted by Crippen LogP contribution is -2.30. The van der Waals surface area contributed by atoms with Crippen LogP contribution in [0.4, 0.5) is 0 Å². The number of hydrogen-bond donors (Lipinski definition) is 0. The van der Waals surface area contributed by atoms with Crippen LogP contribution in [-0.4, -0.2) is 37.2 Å². The molecule has 0 N–H and O–H groups in total. The molecule has 0 aliphatic carbocycles.